The number of aromatic nitrogens is 1. The van der Waals surface area contributed by atoms with Crippen molar-refractivity contribution in [2.24, 2.45) is 0 Å². The topological polar surface area (TPSA) is 105 Å². The number of carbonyl (C=O) groups excluding carboxylic acids is 1. The van der Waals surface area contributed by atoms with E-state index in [2.05, 4.69) is 15.0 Å². The summed E-state index contributed by atoms with van der Waals surface area (Å²) in [6, 6.07) is 9.22. The highest BCUT2D eigenvalue weighted by molar-refractivity contribution is 5.67. The van der Waals surface area contributed by atoms with Gasteiger partial charge in [-0.3, -0.25) is 0 Å². The Kier molecular flexibility index (Phi) is 5.30. The molecule has 7 heteroatoms. The number of hydrogen-bond acceptors (Lipinski definition) is 6. The van der Waals surface area contributed by atoms with Crippen molar-refractivity contribution < 1.29 is 24.3 Å². The first-order valence-electron chi connectivity index (χ1n) is 6.37. The van der Waals surface area contributed by atoms with Crippen LogP contribution in [0.2, 0.25) is 0 Å². The van der Waals surface area contributed by atoms with Gasteiger partial charge in [0.1, 0.15) is 25.1 Å². The van der Waals surface area contributed by atoms with Crippen LogP contribution in [0.3, 0.4) is 0 Å². The summed E-state index contributed by atoms with van der Waals surface area (Å²) in [6.45, 7) is -0.0169. The fraction of sp³-hybridized carbons (Fsp3) is 0.286. The van der Waals surface area contributed by atoms with Crippen molar-refractivity contribution in [3.05, 3.63) is 53.9 Å². The predicted molar refractivity (Wildman–Crippen MR) is 72.1 cm³/mol. The van der Waals surface area contributed by atoms with Gasteiger partial charge in [-0.25, -0.2) is 4.79 Å². The van der Waals surface area contributed by atoms with Gasteiger partial charge in [0.05, 0.1) is 6.20 Å². The SMILES string of the molecule is O=C(NCC(O)C(O)c1cnoc1)OCc1ccccc1. The molecule has 21 heavy (non-hydrogen) atoms. The molecule has 1 aromatic carbocycles. The molecule has 0 spiro atoms. The number of benzene rings is 1. The van der Waals surface area contributed by atoms with E-state index in [-0.39, 0.29) is 13.2 Å². The Hall–Kier alpha value is -2.38. The molecule has 1 heterocycles. The van der Waals surface area contributed by atoms with Gasteiger partial charge in [0.15, 0.2) is 0 Å². The maximum absolute atomic E-state index is 11.5. The monoisotopic (exact) mass is 292 g/mol. The summed E-state index contributed by atoms with van der Waals surface area (Å²) in [5.74, 6) is 0. The van der Waals surface area contributed by atoms with Crippen molar-refractivity contribution in [2.45, 2.75) is 18.8 Å². The fourth-order valence-corrected chi connectivity index (χ4v) is 1.65. The van der Waals surface area contributed by atoms with E-state index in [9.17, 15) is 15.0 Å². The Labute approximate surface area is 121 Å². The molecule has 2 unspecified atom stereocenters. The number of aliphatic hydroxyl groups is 2. The molecule has 112 valence electrons. The highest BCUT2D eigenvalue weighted by Gasteiger charge is 2.20. The number of alkyl carbamates (subject to hydrolysis) is 1. The molecule has 0 aliphatic heterocycles. The molecule has 1 amide bonds. The van der Waals surface area contributed by atoms with Crippen LogP contribution in [0.25, 0.3) is 0 Å². The third-order valence-corrected chi connectivity index (χ3v) is 2.83. The first-order chi connectivity index (χ1) is 10.2. The number of carbonyl (C=O) groups is 1. The van der Waals surface area contributed by atoms with Crippen molar-refractivity contribution in [3.63, 3.8) is 0 Å². The molecule has 1 aromatic heterocycles. The normalized spacial score (nSPS) is 13.4. The summed E-state index contributed by atoms with van der Waals surface area (Å²) >= 11 is 0. The molecule has 0 fully saturated rings. The minimum Gasteiger partial charge on any atom is -0.445 e. The summed E-state index contributed by atoms with van der Waals surface area (Å²) in [4.78, 5) is 11.5. The largest absolute Gasteiger partial charge is 0.445 e. The Morgan fingerprint density at radius 1 is 1.33 bits per heavy atom. The molecule has 3 N–H and O–H groups in total. The zero-order valence-corrected chi connectivity index (χ0v) is 11.2. The number of amides is 1. The second-order valence-corrected chi connectivity index (χ2v) is 4.41. The molecule has 0 saturated carbocycles. The molecule has 2 aromatic rings. The summed E-state index contributed by atoms with van der Waals surface area (Å²) in [6.07, 6.45) is -0.529. The number of nitrogens with one attached hydrogen (secondary N) is 1. The Morgan fingerprint density at radius 3 is 2.76 bits per heavy atom. The van der Waals surface area contributed by atoms with Crippen molar-refractivity contribution >= 4 is 6.09 Å². The molecular formula is C14H16N2O5. The molecule has 2 atom stereocenters. The van der Waals surface area contributed by atoms with Gasteiger partial charge in [0.2, 0.25) is 0 Å². The second-order valence-electron chi connectivity index (χ2n) is 4.41. The molecule has 0 saturated heterocycles. The molecule has 7 nitrogen and oxygen atoms in total. The minimum absolute atomic E-state index is 0.136. The summed E-state index contributed by atoms with van der Waals surface area (Å²) in [5.41, 5.74) is 1.19. The van der Waals surface area contributed by atoms with Crippen LogP contribution in [0.1, 0.15) is 17.2 Å². The number of hydrogen-bond donors (Lipinski definition) is 3. The van der Waals surface area contributed by atoms with E-state index in [0.717, 1.165) is 5.56 Å². The van der Waals surface area contributed by atoms with E-state index in [1.165, 1.54) is 12.5 Å². The molecule has 2 rings (SSSR count). The average Bonchev–Trinajstić information content (AvgIpc) is 3.05. The standard InChI is InChI=1S/C14H16N2O5/c17-12(13(18)11-6-16-21-9-11)7-15-14(19)20-8-10-4-2-1-3-5-10/h1-6,9,12-13,17-18H,7-8H2,(H,15,19). The lowest BCUT2D eigenvalue weighted by Crippen LogP contribution is -2.35. The average molecular weight is 292 g/mol. The lowest BCUT2D eigenvalue weighted by atomic mass is 10.1. The lowest BCUT2D eigenvalue weighted by Gasteiger charge is -2.16. The lowest BCUT2D eigenvalue weighted by molar-refractivity contribution is 0.0181. The molecular weight excluding hydrogens is 276 g/mol. The van der Waals surface area contributed by atoms with E-state index in [4.69, 9.17) is 4.74 Å². The van der Waals surface area contributed by atoms with E-state index >= 15 is 0 Å². The smallest absolute Gasteiger partial charge is 0.407 e. The molecule has 0 bridgehead atoms. The van der Waals surface area contributed by atoms with Crippen LogP contribution in [0.5, 0.6) is 0 Å². The zero-order valence-electron chi connectivity index (χ0n) is 11.2. The highest BCUT2D eigenvalue weighted by Crippen LogP contribution is 2.15. The van der Waals surface area contributed by atoms with Crippen LogP contribution < -0.4 is 5.32 Å². The molecule has 0 aliphatic rings. The van der Waals surface area contributed by atoms with Crippen LogP contribution in [0.15, 0.2) is 47.3 Å². The van der Waals surface area contributed by atoms with E-state index in [1.807, 2.05) is 30.3 Å². The predicted octanol–water partition coefficient (Wildman–Crippen LogP) is 0.995. The number of ether oxygens (including phenoxy) is 1. The first-order valence-corrected chi connectivity index (χ1v) is 6.37. The van der Waals surface area contributed by atoms with Gasteiger partial charge < -0.3 is 24.8 Å². The Bertz CT molecular complexity index is 544. The minimum atomic E-state index is -1.19. The van der Waals surface area contributed by atoms with Gasteiger partial charge in [-0.05, 0) is 5.56 Å². The van der Waals surface area contributed by atoms with Crippen LogP contribution in [0, 0.1) is 0 Å². The zero-order chi connectivity index (χ0) is 15.1. The number of aliphatic hydroxyl groups excluding tert-OH is 2. The summed E-state index contributed by atoms with van der Waals surface area (Å²) in [5, 5.41) is 25.3. The van der Waals surface area contributed by atoms with E-state index < -0.39 is 18.3 Å². The Morgan fingerprint density at radius 2 is 2.10 bits per heavy atom. The summed E-state index contributed by atoms with van der Waals surface area (Å²) in [7, 11) is 0. The third-order valence-electron chi connectivity index (χ3n) is 2.83. The van der Waals surface area contributed by atoms with Gasteiger partial charge in [-0.1, -0.05) is 35.5 Å². The van der Waals surface area contributed by atoms with Gasteiger partial charge >= 0.3 is 6.09 Å². The summed E-state index contributed by atoms with van der Waals surface area (Å²) < 4.78 is 9.54. The van der Waals surface area contributed by atoms with Gasteiger partial charge in [-0.15, -0.1) is 0 Å². The van der Waals surface area contributed by atoms with Gasteiger partial charge in [0.25, 0.3) is 0 Å². The molecule has 0 radical (unpaired) electrons. The van der Waals surface area contributed by atoms with Gasteiger partial charge in [0, 0.05) is 12.1 Å². The fourth-order valence-electron chi connectivity index (χ4n) is 1.65. The highest BCUT2D eigenvalue weighted by atomic mass is 16.5. The Balaban J connectivity index is 1.71. The van der Waals surface area contributed by atoms with Gasteiger partial charge in [-0.2, -0.15) is 0 Å². The maximum atomic E-state index is 11.5. The quantitative estimate of drug-likeness (QED) is 0.733. The number of rotatable bonds is 6. The van der Waals surface area contributed by atoms with Crippen molar-refractivity contribution in [2.75, 3.05) is 6.54 Å². The molecule has 0 aliphatic carbocycles. The van der Waals surface area contributed by atoms with Crippen LogP contribution in [0.4, 0.5) is 4.79 Å². The number of nitrogens with zero attached hydrogens (tertiary/aromatic N) is 1. The van der Waals surface area contributed by atoms with Crippen LogP contribution in [-0.4, -0.2) is 34.1 Å². The van der Waals surface area contributed by atoms with Crippen LogP contribution >= 0.6 is 0 Å². The second kappa shape index (κ2) is 7.41. The van der Waals surface area contributed by atoms with Crippen molar-refractivity contribution in [3.8, 4) is 0 Å². The van der Waals surface area contributed by atoms with Crippen molar-refractivity contribution in [1.82, 2.24) is 10.5 Å². The van der Waals surface area contributed by atoms with E-state index in [1.54, 1.807) is 0 Å². The maximum Gasteiger partial charge on any atom is 0.407 e. The van der Waals surface area contributed by atoms with E-state index in [0.29, 0.717) is 5.56 Å². The van der Waals surface area contributed by atoms with Crippen molar-refractivity contribution in [1.29, 1.82) is 0 Å². The van der Waals surface area contributed by atoms with Crippen LogP contribution in [-0.2, 0) is 11.3 Å². The first kappa shape index (κ1) is 15.0. The third kappa shape index (κ3) is 4.59.